The summed E-state index contributed by atoms with van der Waals surface area (Å²) in [4.78, 5) is 9.67. The van der Waals surface area contributed by atoms with E-state index in [-0.39, 0.29) is 18.8 Å². The SMILES string of the molecule is COCCOCCNc1ccc([N+](=O)[O-])cc1C(F)(F)F. The van der Waals surface area contributed by atoms with Crippen molar-refractivity contribution in [1.82, 2.24) is 0 Å². The van der Waals surface area contributed by atoms with Gasteiger partial charge in [-0.15, -0.1) is 0 Å². The van der Waals surface area contributed by atoms with Crippen molar-refractivity contribution in [3.05, 3.63) is 33.9 Å². The van der Waals surface area contributed by atoms with Crippen LogP contribution in [0.25, 0.3) is 0 Å². The molecule has 0 bridgehead atoms. The molecule has 21 heavy (non-hydrogen) atoms. The fourth-order valence-electron chi connectivity index (χ4n) is 1.54. The van der Waals surface area contributed by atoms with Crippen molar-refractivity contribution in [2.45, 2.75) is 6.18 Å². The molecule has 0 aliphatic rings. The van der Waals surface area contributed by atoms with Crippen LogP contribution >= 0.6 is 0 Å². The Balaban J connectivity index is 2.70. The van der Waals surface area contributed by atoms with Crippen molar-refractivity contribution < 1.29 is 27.6 Å². The number of non-ortho nitro benzene ring substituents is 1. The standard InChI is InChI=1S/C12H15F3N2O4/c1-20-6-7-21-5-4-16-11-3-2-9(17(18)19)8-10(11)12(13,14)15/h2-3,8,16H,4-7H2,1H3. The van der Waals surface area contributed by atoms with Crippen LogP contribution in [0.2, 0.25) is 0 Å². The number of nitrogens with one attached hydrogen (secondary N) is 1. The third kappa shape index (κ3) is 5.56. The molecule has 0 saturated heterocycles. The van der Waals surface area contributed by atoms with Gasteiger partial charge < -0.3 is 14.8 Å². The Morgan fingerprint density at radius 3 is 2.57 bits per heavy atom. The lowest BCUT2D eigenvalue weighted by Gasteiger charge is -2.14. The van der Waals surface area contributed by atoms with Crippen LogP contribution in [0.1, 0.15) is 5.56 Å². The van der Waals surface area contributed by atoms with Crippen LogP contribution in [0.5, 0.6) is 0 Å². The quantitative estimate of drug-likeness (QED) is 0.454. The number of benzene rings is 1. The van der Waals surface area contributed by atoms with E-state index in [4.69, 9.17) is 9.47 Å². The molecule has 0 fully saturated rings. The lowest BCUT2D eigenvalue weighted by atomic mass is 10.1. The first kappa shape index (κ1) is 17.2. The predicted molar refractivity (Wildman–Crippen MR) is 69.3 cm³/mol. The molecule has 118 valence electrons. The Morgan fingerprint density at radius 2 is 2.00 bits per heavy atom. The maximum atomic E-state index is 12.9. The second-order valence-electron chi connectivity index (χ2n) is 4.02. The summed E-state index contributed by atoms with van der Waals surface area (Å²) in [5.74, 6) is 0. The second kappa shape index (κ2) is 7.79. The molecule has 1 aromatic carbocycles. The average Bonchev–Trinajstić information content (AvgIpc) is 2.41. The van der Waals surface area contributed by atoms with Crippen LogP contribution in [-0.2, 0) is 15.7 Å². The number of anilines is 1. The van der Waals surface area contributed by atoms with Crippen LogP contribution < -0.4 is 5.32 Å². The van der Waals surface area contributed by atoms with Gasteiger partial charge in [0.15, 0.2) is 0 Å². The molecule has 0 unspecified atom stereocenters. The van der Waals surface area contributed by atoms with Gasteiger partial charge in [-0.05, 0) is 6.07 Å². The average molecular weight is 308 g/mol. The predicted octanol–water partition coefficient (Wildman–Crippen LogP) is 2.69. The third-order valence-corrected chi connectivity index (χ3v) is 2.51. The molecule has 0 amide bonds. The summed E-state index contributed by atoms with van der Waals surface area (Å²) in [6.45, 7) is 1.07. The first-order valence-electron chi connectivity index (χ1n) is 6.02. The first-order chi connectivity index (χ1) is 9.86. The number of alkyl halides is 3. The van der Waals surface area contributed by atoms with Gasteiger partial charge in [0, 0.05) is 31.5 Å². The number of nitro groups is 1. The molecule has 0 aromatic heterocycles. The normalized spacial score (nSPS) is 11.4. The highest BCUT2D eigenvalue weighted by molar-refractivity contribution is 5.57. The molecule has 0 saturated carbocycles. The highest BCUT2D eigenvalue weighted by atomic mass is 19.4. The van der Waals surface area contributed by atoms with Gasteiger partial charge in [-0.2, -0.15) is 13.2 Å². The minimum atomic E-state index is -4.68. The number of hydrogen-bond acceptors (Lipinski definition) is 5. The number of rotatable bonds is 8. The fourth-order valence-corrected chi connectivity index (χ4v) is 1.54. The molecule has 0 aliphatic carbocycles. The highest BCUT2D eigenvalue weighted by Crippen LogP contribution is 2.36. The number of halogens is 3. The zero-order valence-corrected chi connectivity index (χ0v) is 11.3. The van der Waals surface area contributed by atoms with E-state index < -0.39 is 22.4 Å². The summed E-state index contributed by atoms with van der Waals surface area (Å²) in [6, 6.07) is 2.56. The number of hydrogen-bond donors (Lipinski definition) is 1. The van der Waals surface area contributed by atoms with E-state index in [0.717, 1.165) is 12.1 Å². The van der Waals surface area contributed by atoms with Crippen LogP contribution in [0.4, 0.5) is 24.5 Å². The van der Waals surface area contributed by atoms with Crippen LogP contribution in [0.15, 0.2) is 18.2 Å². The van der Waals surface area contributed by atoms with Crippen molar-refractivity contribution in [1.29, 1.82) is 0 Å². The molecule has 9 heteroatoms. The largest absolute Gasteiger partial charge is 0.418 e. The van der Waals surface area contributed by atoms with Gasteiger partial charge in [-0.1, -0.05) is 0 Å². The van der Waals surface area contributed by atoms with Gasteiger partial charge >= 0.3 is 6.18 Å². The smallest absolute Gasteiger partial charge is 0.382 e. The summed E-state index contributed by atoms with van der Waals surface area (Å²) in [5, 5.41) is 13.1. The van der Waals surface area contributed by atoms with E-state index in [1.54, 1.807) is 0 Å². The maximum absolute atomic E-state index is 12.9. The van der Waals surface area contributed by atoms with Crippen molar-refractivity contribution in [2.75, 3.05) is 38.8 Å². The number of ether oxygens (including phenoxy) is 2. The topological polar surface area (TPSA) is 73.6 Å². The molecule has 1 aromatic rings. The van der Waals surface area contributed by atoms with Crippen LogP contribution in [0.3, 0.4) is 0 Å². The molecule has 0 atom stereocenters. The molecule has 1 N–H and O–H groups in total. The summed E-state index contributed by atoms with van der Waals surface area (Å²) >= 11 is 0. The van der Waals surface area contributed by atoms with E-state index in [2.05, 4.69) is 5.32 Å². The van der Waals surface area contributed by atoms with E-state index in [1.165, 1.54) is 7.11 Å². The van der Waals surface area contributed by atoms with E-state index >= 15 is 0 Å². The summed E-state index contributed by atoms with van der Waals surface area (Å²) < 4.78 is 48.4. The molecular formula is C12H15F3N2O4. The van der Waals surface area contributed by atoms with Gasteiger partial charge in [0.05, 0.1) is 30.3 Å². The minimum absolute atomic E-state index is 0.143. The van der Waals surface area contributed by atoms with Gasteiger partial charge in [-0.3, -0.25) is 10.1 Å². The first-order valence-corrected chi connectivity index (χ1v) is 6.02. The van der Waals surface area contributed by atoms with E-state index in [0.29, 0.717) is 19.3 Å². The van der Waals surface area contributed by atoms with Crippen LogP contribution in [-0.4, -0.2) is 38.4 Å². The summed E-state index contributed by atoms with van der Waals surface area (Å²) in [7, 11) is 1.51. The summed E-state index contributed by atoms with van der Waals surface area (Å²) in [6.07, 6.45) is -4.68. The molecule has 0 spiro atoms. The molecule has 6 nitrogen and oxygen atoms in total. The number of nitro benzene ring substituents is 1. The van der Waals surface area contributed by atoms with Gasteiger partial charge in [0.25, 0.3) is 5.69 Å². The molecule has 1 rings (SSSR count). The lowest BCUT2D eigenvalue weighted by molar-refractivity contribution is -0.385. The Hall–Kier alpha value is -1.87. The van der Waals surface area contributed by atoms with Crippen molar-refractivity contribution in [3.63, 3.8) is 0 Å². The van der Waals surface area contributed by atoms with Crippen molar-refractivity contribution in [3.8, 4) is 0 Å². The zero-order chi connectivity index (χ0) is 15.9. The fraction of sp³-hybridized carbons (Fsp3) is 0.500. The lowest BCUT2D eigenvalue weighted by Crippen LogP contribution is -2.16. The van der Waals surface area contributed by atoms with E-state index in [9.17, 15) is 23.3 Å². The molecular weight excluding hydrogens is 293 g/mol. The highest BCUT2D eigenvalue weighted by Gasteiger charge is 2.35. The maximum Gasteiger partial charge on any atom is 0.418 e. The van der Waals surface area contributed by atoms with Gasteiger partial charge in [0.2, 0.25) is 0 Å². The van der Waals surface area contributed by atoms with Crippen molar-refractivity contribution >= 4 is 11.4 Å². The summed E-state index contributed by atoms with van der Waals surface area (Å²) in [5.41, 5.74) is -1.90. The van der Waals surface area contributed by atoms with Crippen molar-refractivity contribution in [2.24, 2.45) is 0 Å². The molecule has 0 aliphatic heterocycles. The number of methoxy groups -OCH3 is 1. The Labute approximate surface area is 119 Å². The molecule has 0 radical (unpaired) electrons. The van der Waals surface area contributed by atoms with Gasteiger partial charge in [0.1, 0.15) is 0 Å². The Morgan fingerprint density at radius 1 is 1.29 bits per heavy atom. The zero-order valence-electron chi connectivity index (χ0n) is 11.3. The second-order valence-corrected chi connectivity index (χ2v) is 4.02. The van der Waals surface area contributed by atoms with E-state index in [1.807, 2.05) is 0 Å². The Kier molecular flexibility index (Phi) is 6.38. The number of nitrogens with zero attached hydrogens (tertiary/aromatic N) is 1. The van der Waals surface area contributed by atoms with Crippen LogP contribution in [0, 0.1) is 10.1 Å². The monoisotopic (exact) mass is 308 g/mol. The minimum Gasteiger partial charge on any atom is -0.382 e. The molecule has 0 heterocycles. The third-order valence-electron chi connectivity index (χ3n) is 2.51. The Bertz CT molecular complexity index is 480. The van der Waals surface area contributed by atoms with Gasteiger partial charge in [-0.25, -0.2) is 0 Å².